The third-order valence-corrected chi connectivity index (χ3v) is 2.07. The molecule has 7 heteroatoms. The highest BCUT2D eigenvalue weighted by Gasteiger charge is 2.27. The number of hydrogen-bond donors (Lipinski definition) is 1. The topological polar surface area (TPSA) is 38.7 Å². The molecule has 0 heterocycles. The van der Waals surface area contributed by atoms with Crippen molar-refractivity contribution in [1.29, 1.82) is 0 Å². The number of aliphatic hydroxyl groups excluding tert-OH is 1. The molecule has 0 aliphatic carbocycles. The Morgan fingerprint density at radius 3 is 2.59 bits per heavy atom. The van der Waals surface area contributed by atoms with Crippen molar-refractivity contribution in [2.24, 2.45) is 0 Å². The summed E-state index contributed by atoms with van der Waals surface area (Å²) in [5.74, 6) is 0.124. The van der Waals surface area contributed by atoms with E-state index < -0.39 is 19.6 Å². The van der Waals surface area contributed by atoms with Crippen molar-refractivity contribution >= 4 is 11.6 Å². The molecule has 0 fully saturated rings. The van der Waals surface area contributed by atoms with Gasteiger partial charge in [0.25, 0.3) is 0 Å². The van der Waals surface area contributed by atoms with Crippen LogP contribution in [0.15, 0.2) is 18.2 Å². The van der Waals surface area contributed by atoms with E-state index in [2.05, 4.69) is 4.74 Å². The van der Waals surface area contributed by atoms with Gasteiger partial charge < -0.3 is 14.6 Å². The molecule has 0 atom stereocenters. The Hall–Kier alpha value is -0.980. The normalized spacial score (nSPS) is 11.6. The predicted molar refractivity (Wildman–Crippen MR) is 54.9 cm³/mol. The number of para-hydroxylation sites is 1. The van der Waals surface area contributed by atoms with Crippen LogP contribution < -0.4 is 4.74 Å². The summed E-state index contributed by atoms with van der Waals surface area (Å²) in [6, 6.07) is 4.64. The second-order valence-electron chi connectivity index (χ2n) is 3.11. The van der Waals surface area contributed by atoms with Crippen molar-refractivity contribution in [3.05, 3.63) is 28.8 Å². The fourth-order valence-electron chi connectivity index (χ4n) is 1.10. The molecule has 0 aromatic heterocycles. The summed E-state index contributed by atoms with van der Waals surface area (Å²) in [4.78, 5) is 0. The lowest BCUT2D eigenvalue weighted by molar-refractivity contribution is -0.186. The second-order valence-corrected chi connectivity index (χ2v) is 3.52. The molecule has 0 amide bonds. The Morgan fingerprint density at radius 2 is 2.00 bits per heavy atom. The zero-order chi connectivity index (χ0) is 12.9. The average molecular weight is 271 g/mol. The summed E-state index contributed by atoms with van der Waals surface area (Å²) in [6.07, 6.45) is -4.40. The van der Waals surface area contributed by atoms with E-state index in [1.54, 1.807) is 12.1 Å². The molecule has 0 unspecified atom stereocenters. The lowest BCUT2D eigenvalue weighted by Crippen LogP contribution is -2.19. The van der Waals surface area contributed by atoms with E-state index in [-0.39, 0.29) is 17.4 Å². The predicted octanol–water partition coefficient (Wildman–Crippen LogP) is 2.75. The number of ether oxygens (including phenoxy) is 2. The number of benzene rings is 1. The maximum absolute atomic E-state index is 11.8. The van der Waals surface area contributed by atoms with Crippen LogP contribution in [0.1, 0.15) is 5.56 Å². The van der Waals surface area contributed by atoms with Crippen LogP contribution in [0.3, 0.4) is 0 Å². The minimum Gasteiger partial charge on any atom is -0.466 e. The molecule has 1 aromatic carbocycles. The Kier molecular flexibility index (Phi) is 5.04. The summed E-state index contributed by atoms with van der Waals surface area (Å²) < 4.78 is 44.5. The zero-order valence-corrected chi connectivity index (χ0v) is 9.38. The van der Waals surface area contributed by atoms with E-state index in [4.69, 9.17) is 21.4 Å². The van der Waals surface area contributed by atoms with Crippen molar-refractivity contribution in [2.45, 2.75) is 12.8 Å². The maximum atomic E-state index is 11.8. The molecular formula is C10H10ClF3O3. The largest absolute Gasteiger partial charge is 0.466 e. The minimum atomic E-state index is -4.40. The van der Waals surface area contributed by atoms with Gasteiger partial charge in [-0.1, -0.05) is 23.7 Å². The fourth-order valence-corrected chi connectivity index (χ4v) is 1.35. The average Bonchev–Trinajstić information content (AvgIpc) is 2.24. The highest BCUT2D eigenvalue weighted by Crippen LogP contribution is 2.28. The van der Waals surface area contributed by atoms with Gasteiger partial charge in [-0.25, -0.2) is 0 Å². The van der Waals surface area contributed by atoms with E-state index in [0.29, 0.717) is 5.56 Å². The van der Waals surface area contributed by atoms with E-state index >= 15 is 0 Å². The van der Waals surface area contributed by atoms with E-state index in [1.807, 2.05) is 0 Å². The number of halogens is 4. The quantitative estimate of drug-likeness (QED) is 0.660. The first kappa shape index (κ1) is 14.1. The molecule has 1 N–H and O–H groups in total. The summed E-state index contributed by atoms with van der Waals surface area (Å²) >= 11 is 5.76. The lowest BCUT2D eigenvalue weighted by atomic mass is 10.2. The molecule has 0 aliphatic rings. The monoisotopic (exact) mass is 270 g/mol. The van der Waals surface area contributed by atoms with Crippen LogP contribution in [0.25, 0.3) is 0 Å². The van der Waals surface area contributed by atoms with Crippen LogP contribution >= 0.6 is 11.6 Å². The number of hydrogen-bond acceptors (Lipinski definition) is 3. The van der Waals surface area contributed by atoms with Gasteiger partial charge in [-0.15, -0.1) is 0 Å². The first-order valence-electron chi connectivity index (χ1n) is 4.59. The van der Waals surface area contributed by atoms with Gasteiger partial charge in [0, 0.05) is 5.56 Å². The Bertz CT molecular complexity index is 368. The van der Waals surface area contributed by atoms with Gasteiger partial charge in [0.1, 0.15) is 12.4 Å². The first-order valence-corrected chi connectivity index (χ1v) is 4.97. The number of alkyl halides is 3. The maximum Gasteiger partial charge on any atom is 0.411 e. The standard InChI is InChI=1S/C10H10ClF3O3/c11-8-3-1-2-7(4-15)9(8)17-6-16-5-10(12,13)14/h1-3,15H,4-6H2. The van der Waals surface area contributed by atoms with Crippen LogP contribution in [-0.2, 0) is 11.3 Å². The number of rotatable bonds is 5. The molecule has 0 bridgehead atoms. The van der Waals surface area contributed by atoms with Crippen molar-refractivity contribution < 1.29 is 27.8 Å². The number of aliphatic hydroxyl groups is 1. The highest BCUT2D eigenvalue weighted by molar-refractivity contribution is 6.32. The van der Waals surface area contributed by atoms with Crippen LogP contribution in [0, 0.1) is 0 Å². The molecule has 1 rings (SSSR count). The molecule has 0 aliphatic heterocycles. The molecular weight excluding hydrogens is 261 g/mol. The van der Waals surface area contributed by atoms with Crippen molar-refractivity contribution in [2.75, 3.05) is 13.4 Å². The summed E-state index contributed by atoms with van der Waals surface area (Å²) in [5, 5.41) is 9.17. The van der Waals surface area contributed by atoms with Crippen LogP contribution in [0.4, 0.5) is 13.2 Å². The molecule has 0 radical (unpaired) electrons. The van der Waals surface area contributed by atoms with Gasteiger partial charge >= 0.3 is 6.18 Å². The third-order valence-electron chi connectivity index (χ3n) is 1.77. The first-order chi connectivity index (χ1) is 7.94. The second kappa shape index (κ2) is 6.09. The lowest BCUT2D eigenvalue weighted by Gasteiger charge is -2.12. The third kappa shape index (κ3) is 4.80. The van der Waals surface area contributed by atoms with Crippen LogP contribution in [0.2, 0.25) is 5.02 Å². The van der Waals surface area contributed by atoms with Crippen LogP contribution in [0.5, 0.6) is 5.75 Å². The molecule has 17 heavy (non-hydrogen) atoms. The van der Waals surface area contributed by atoms with E-state index in [9.17, 15) is 13.2 Å². The fraction of sp³-hybridized carbons (Fsp3) is 0.400. The van der Waals surface area contributed by atoms with Gasteiger partial charge in [-0.05, 0) is 6.07 Å². The molecule has 96 valence electrons. The minimum absolute atomic E-state index is 0.124. The molecule has 1 aromatic rings. The van der Waals surface area contributed by atoms with Gasteiger partial charge in [0.15, 0.2) is 6.79 Å². The highest BCUT2D eigenvalue weighted by atomic mass is 35.5. The Balaban J connectivity index is 2.52. The van der Waals surface area contributed by atoms with Gasteiger partial charge in [0.05, 0.1) is 11.6 Å². The Morgan fingerprint density at radius 1 is 1.29 bits per heavy atom. The smallest absolute Gasteiger partial charge is 0.411 e. The van der Waals surface area contributed by atoms with Gasteiger partial charge in [-0.3, -0.25) is 0 Å². The van der Waals surface area contributed by atoms with E-state index in [1.165, 1.54) is 6.07 Å². The van der Waals surface area contributed by atoms with Gasteiger partial charge in [-0.2, -0.15) is 13.2 Å². The summed E-state index contributed by atoms with van der Waals surface area (Å²) in [5.41, 5.74) is 0.383. The summed E-state index contributed by atoms with van der Waals surface area (Å²) in [6.45, 7) is -2.31. The van der Waals surface area contributed by atoms with Crippen LogP contribution in [-0.4, -0.2) is 24.7 Å². The Labute approximate surface area is 101 Å². The van der Waals surface area contributed by atoms with Crippen molar-refractivity contribution in [3.63, 3.8) is 0 Å². The SMILES string of the molecule is OCc1cccc(Cl)c1OCOCC(F)(F)F. The van der Waals surface area contributed by atoms with Gasteiger partial charge in [0.2, 0.25) is 0 Å². The van der Waals surface area contributed by atoms with E-state index in [0.717, 1.165) is 0 Å². The molecule has 0 saturated carbocycles. The molecule has 0 spiro atoms. The molecule has 3 nitrogen and oxygen atoms in total. The zero-order valence-electron chi connectivity index (χ0n) is 8.63. The van der Waals surface area contributed by atoms with Crippen molar-refractivity contribution in [3.8, 4) is 5.75 Å². The van der Waals surface area contributed by atoms with Crippen molar-refractivity contribution in [1.82, 2.24) is 0 Å². The molecule has 0 saturated heterocycles. The summed E-state index contributed by atoms with van der Waals surface area (Å²) in [7, 11) is 0.